The van der Waals surface area contributed by atoms with Crippen LogP contribution >= 0.6 is 0 Å². The van der Waals surface area contributed by atoms with Crippen LogP contribution in [0.2, 0.25) is 0 Å². The molecule has 0 unspecified atom stereocenters. The highest BCUT2D eigenvalue weighted by atomic mass is 32.2. The van der Waals surface area contributed by atoms with Gasteiger partial charge in [0.1, 0.15) is 0 Å². The molecule has 0 spiro atoms. The molecule has 0 aromatic heterocycles. The zero-order valence-electron chi connectivity index (χ0n) is 13.0. The van der Waals surface area contributed by atoms with E-state index in [1.54, 1.807) is 12.1 Å². The molecule has 0 bridgehead atoms. The summed E-state index contributed by atoms with van der Waals surface area (Å²) in [7, 11) is -3.46. The number of benzene rings is 2. The summed E-state index contributed by atoms with van der Waals surface area (Å²) < 4.78 is 23.7. The number of rotatable bonds is 6. The fourth-order valence-electron chi connectivity index (χ4n) is 1.82. The van der Waals surface area contributed by atoms with Crippen LogP contribution < -0.4 is 0 Å². The van der Waals surface area contributed by atoms with E-state index >= 15 is 0 Å². The molecule has 7 heteroatoms. The second kappa shape index (κ2) is 7.73. The van der Waals surface area contributed by atoms with Crippen molar-refractivity contribution in [2.45, 2.75) is 13.8 Å². The standard InChI is InChI=1S/C16H18N4O2S/c1-13-5-3-7-15(9-13)19-17-11-23(21,22)12-18-20-16-8-4-6-14(2)10-16/h3-10H,11-12H2,1-2H3. The third-order valence-corrected chi connectivity index (χ3v) is 3.90. The van der Waals surface area contributed by atoms with Crippen LogP contribution in [-0.2, 0) is 9.84 Å². The fourth-order valence-corrected chi connectivity index (χ4v) is 2.37. The Hall–Kier alpha value is -2.41. The highest BCUT2D eigenvalue weighted by Gasteiger charge is 2.08. The molecule has 120 valence electrons. The lowest BCUT2D eigenvalue weighted by atomic mass is 10.2. The van der Waals surface area contributed by atoms with E-state index in [0.717, 1.165) is 11.1 Å². The first-order chi connectivity index (χ1) is 10.9. The van der Waals surface area contributed by atoms with Gasteiger partial charge < -0.3 is 0 Å². The van der Waals surface area contributed by atoms with Gasteiger partial charge >= 0.3 is 0 Å². The van der Waals surface area contributed by atoms with E-state index < -0.39 is 21.6 Å². The van der Waals surface area contributed by atoms with Gasteiger partial charge in [0.25, 0.3) is 0 Å². The van der Waals surface area contributed by atoms with Gasteiger partial charge in [-0.2, -0.15) is 20.5 Å². The Morgan fingerprint density at radius 3 is 1.61 bits per heavy atom. The number of nitrogens with zero attached hydrogens (tertiary/aromatic N) is 4. The maximum absolute atomic E-state index is 11.8. The van der Waals surface area contributed by atoms with Gasteiger partial charge in [-0.05, 0) is 49.2 Å². The van der Waals surface area contributed by atoms with E-state index in [4.69, 9.17) is 0 Å². The van der Waals surface area contributed by atoms with Crippen molar-refractivity contribution in [1.29, 1.82) is 0 Å². The highest BCUT2D eigenvalue weighted by Crippen LogP contribution is 2.15. The predicted molar refractivity (Wildman–Crippen MR) is 90.0 cm³/mol. The summed E-state index contributed by atoms with van der Waals surface area (Å²) in [6, 6.07) is 14.7. The SMILES string of the molecule is Cc1cccc(N=NCS(=O)(=O)CN=Nc2cccc(C)c2)c1. The van der Waals surface area contributed by atoms with Crippen molar-refractivity contribution in [3.63, 3.8) is 0 Å². The Bertz CT molecular complexity index is 766. The van der Waals surface area contributed by atoms with Crippen molar-refractivity contribution < 1.29 is 8.42 Å². The molecule has 0 heterocycles. The Labute approximate surface area is 135 Å². The van der Waals surface area contributed by atoms with Gasteiger partial charge in [0.15, 0.2) is 21.6 Å². The number of azo groups is 2. The van der Waals surface area contributed by atoms with Crippen molar-refractivity contribution >= 4 is 21.2 Å². The fraction of sp³-hybridized carbons (Fsp3) is 0.250. The highest BCUT2D eigenvalue weighted by molar-refractivity contribution is 7.91. The Balaban J connectivity index is 1.92. The van der Waals surface area contributed by atoms with Crippen LogP contribution in [0, 0.1) is 13.8 Å². The van der Waals surface area contributed by atoms with E-state index in [1.165, 1.54) is 0 Å². The minimum atomic E-state index is -3.46. The summed E-state index contributed by atoms with van der Waals surface area (Å²) in [4.78, 5) is 0. The molecular formula is C16H18N4O2S. The van der Waals surface area contributed by atoms with Crippen molar-refractivity contribution in [3.05, 3.63) is 59.7 Å². The van der Waals surface area contributed by atoms with E-state index in [1.807, 2.05) is 50.2 Å². The third-order valence-electron chi connectivity index (χ3n) is 2.88. The van der Waals surface area contributed by atoms with E-state index in [9.17, 15) is 8.42 Å². The van der Waals surface area contributed by atoms with Gasteiger partial charge in [-0.25, -0.2) is 8.42 Å². The van der Waals surface area contributed by atoms with Gasteiger partial charge in [0.05, 0.1) is 11.4 Å². The molecule has 0 aliphatic heterocycles. The molecule has 0 aliphatic carbocycles. The van der Waals surface area contributed by atoms with Crippen molar-refractivity contribution in [2.24, 2.45) is 20.5 Å². The zero-order valence-corrected chi connectivity index (χ0v) is 13.9. The topological polar surface area (TPSA) is 83.6 Å². The molecule has 0 radical (unpaired) electrons. The van der Waals surface area contributed by atoms with Crippen LogP contribution in [0.5, 0.6) is 0 Å². The van der Waals surface area contributed by atoms with Crippen LogP contribution in [0.1, 0.15) is 11.1 Å². The van der Waals surface area contributed by atoms with E-state index in [2.05, 4.69) is 20.5 Å². The lowest BCUT2D eigenvalue weighted by Crippen LogP contribution is -2.06. The van der Waals surface area contributed by atoms with Gasteiger partial charge in [0, 0.05) is 0 Å². The Morgan fingerprint density at radius 1 is 0.783 bits per heavy atom. The van der Waals surface area contributed by atoms with Gasteiger partial charge in [-0.1, -0.05) is 24.3 Å². The molecule has 2 aromatic carbocycles. The largest absolute Gasteiger partial charge is 0.225 e. The molecule has 0 saturated carbocycles. The summed E-state index contributed by atoms with van der Waals surface area (Å²) >= 11 is 0. The van der Waals surface area contributed by atoms with Crippen LogP contribution in [0.25, 0.3) is 0 Å². The average Bonchev–Trinajstić information content (AvgIpc) is 2.47. The van der Waals surface area contributed by atoms with Crippen LogP contribution in [0.15, 0.2) is 69.0 Å². The van der Waals surface area contributed by atoms with Crippen LogP contribution in [0.4, 0.5) is 11.4 Å². The first kappa shape index (κ1) is 17.0. The maximum atomic E-state index is 11.8. The molecule has 0 saturated heterocycles. The third kappa shape index (κ3) is 6.07. The second-order valence-corrected chi connectivity index (χ2v) is 7.17. The molecule has 2 rings (SSSR count). The number of hydrogen-bond acceptors (Lipinski definition) is 6. The Morgan fingerprint density at radius 2 is 1.22 bits per heavy atom. The number of hydrogen-bond donors (Lipinski definition) is 0. The summed E-state index contributed by atoms with van der Waals surface area (Å²) in [6.07, 6.45) is 0. The number of aryl methyl sites for hydroxylation is 2. The summed E-state index contributed by atoms with van der Waals surface area (Å²) in [5.74, 6) is -0.818. The maximum Gasteiger partial charge on any atom is 0.194 e. The lowest BCUT2D eigenvalue weighted by molar-refractivity contribution is 0.595. The summed E-state index contributed by atoms with van der Waals surface area (Å²) in [5, 5.41) is 15.3. The van der Waals surface area contributed by atoms with E-state index in [0.29, 0.717) is 11.4 Å². The minimum Gasteiger partial charge on any atom is -0.225 e. The lowest BCUT2D eigenvalue weighted by Gasteiger charge is -1.97. The molecule has 0 amide bonds. The quantitative estimate of drug-likeness (QED) is 0.730. The molecular weight excluding hydrogens is 312 g/mol. The summed E-state index contributed by atoms with van der Waals surface area (Å²) in [5.41, 5.74) is 3.33. The molecule has 23 heavy (non-hydrogen) atoms. The van der Waals surface area contributed by atoms with Crippen LogP contribution in [0.3, 0.4) is 0 Å². The van der Waals surface area contributed by atoms with E-state index in [-0.39, 0.29) is 0 Å². The second-order valence-electron chi connectivity index (χ2n) is 5.16. The predicted octanol–water partition coefficient (Wildman–Crippen LogP) is 4.50. The van der Waals surface area contributed by atoms with Gasteiger partial charge in [-0.3, -0.25) is 0 Å². The van der Waals surface area contributed by atoms with Crippen molar-refractivity contribution in [2.75, 3.05) is 11.8 Å². The molecule has 0 N–H and O–H groups in total. The monoisotopic (exact) mass is 330 g/mol. The van der Waals surface area contributed by atoms with Crippen molar-refractivity contribution in [3.8, 4) is 0 Å². The minimum absolute atomic E-state index is 0.409. The van der Waals surface area contributed by atoms with Gasteiger partial charge in [-0.15, -0.1) is 0 Å². The zero-order chi connectivity index (χ0) is 16.7. The van der Waals surface area contributed by atoms with Crippen molar-refractivity contribution in [1.82, 2.24) is 0 Å². The first-order valence-corrected chi connectivity index (χ1v) is 8.85. The average molecular weight is 330 g/mol. The molecule has 0 aliphatic rings. The number of sulfone groups is 1. The Kier molecular flexibility index (Phi) is 5.70. The normalized spacial score (nSPS) is 12.3. The van der Waals surface area contributed by atoms with Gasteiger partial charge in [0.2, 0.25) is 0 Å². The first-order valence-electron chi connectivity index (χ1n) is 7.03. The van der Waals surface area contributed by atoms with Crippen LogP contribution in [-0.4, -0.2) is 20.2 Å². The molecule has 2 aromatic rings. The summed E-state index contributed by atoms with van der Waals surface area (Å²) in [6.45, 7) is 3.86. The molecule has 0 atom stereocenters. The molecule has 0 fully saturated rings. The smallest absolute Gasteiger partial charge is 0.194 e. The molecule has 6 nitrogen and oxygen atoms in total.